The van der Waals surface area contributed by atoms with E-state index in [9.17, 15) is 4.79 Å². The number of nitrogens with one attached hydrogen (secondary N) is 1. The first kappa shape index (κ1) is 13.6. The maximum atomic E-state index is 11.0. The Kier molecular flexibility index (Phi) is 4.16. The van der Waals surface area contributed by atoms with Crippen molar-refractivity contribution < 1.29 is 9.53 Å². The third-order valence-corrected chi connectivity index (χ3v) is 2.49. The van der Waals surface area contributed by atoms with Crippen molar-refractivity contribution in [3.63, 3.8) is 0 Å². The highest BCUT2D eigenvalue weighted by Gasteiger charge is 2.20. The van der Waals surface area contributed by atoms with E-state index in [4.69, 9.17) is 4.74 Å². The second kappa shape index (κ2) is 5.21. The van der Waals surface area contributed by atoms with Crippen LogP contribution < -0.4 is 10.1 Å². The quantitative estimate of drug-likeness (QED) is 0.553. The van der Waals surface area contributed by atoms with Gasteiger partial charge in [0.25, 0.3) is 0 Å². The highest BCUT2D eigenvalue weighted by Crippen LogP contribution is 2.32. The molecule has 0 spiro atoms. The minimum atomic E-state index is -0.231. The molecule has 0 saturated heterocycles. The lowest BCUT2D eigenvalue weighted by Crippen LogP contribution is -2.25. The number of hydrogen-bond donors (Lipinski definition) is 1. The van der Waals surface area contributed by atoms with Crippen molar-refractivity contribution in [1.29, 1.82) is 0 Å². The van der Waals surface area contributed by atoms with Crippen LogP contribution in [0.4, 0.5) is 5.69 Å². The zero-order valence-corrected chi connectivity index (χ0v) is 11.3. The third-order valence-electron chi connectivity index (χ3n) is 2.49. The monoisotopic (exact) mass is 235 g/mol. The van der Waals surface area contributed by atoms with E-state index in [1.165, 1.54) is 5.56 Å². The van der Waals surface area contributed by atoms with E-state index in [0.717, 1.165) is 5.69 Å². The van der Waals surface area contributed by atoms with E-state index in [1.54, 1.807) is 0 Å². The topological polar surface area (TPSA) is 38.3 Å². The summed E-state index contributed by atoms with van der Waals surface area (Å²) in [5.41, 5.74) is 2.24. The van der Waals surface area contributed by atoms with E-state index in [-0.39, 0.29) is 17.9 Å². The number of fused-ring (bicyclic) bond motifs is 1. The van der Waals surface area contributed by atoms with Gasteiger partial charge in [0.1, 0.15) is 6.54 Å². The summed E-state index contributed by atoms with van der Waals surface area (Å²) in [5.74, 6) is 0.394. The third kappa shape index (κ3) is 3.22. The maximum Gasteiger partial charge on any atom is 0.330 e. The summed E-state index contributed by atoms with van der Waals surface area (Å²) in [7, 11) is 0. The fourth-order valence-corrected chi connectivity index (χ4v) is 1.55. The smallest absolute Gasteiger partial charge is 0.330 e. The second-order valence-electron chi connectivity index (χ2n) is 4.79. The molecule has 17 heavy (non-hydrogen) atoms. The number of rotatable bonds is 0. The van der Waals surface area contributed by atoms with Crippen LogP contribution in [0.5, 0.6) is 5.75 Å². The fraction of sp³-hybridized carbons (Fsp3) is 0.500. The minimum absolute atomic E-state index is 0.109. The van der Waals surface area contributed by atoms with E-state index in [2.05, 4.69) is 26.1 Å². The zero-order chi connectivity index (χ0) is 13.1. The Hall–Kier alpha value is -1.51. The van der Waals surface area contributed by atoms with E-state index >= 15 is 0 Å². The molecule has 94 valence electrons. The van der Waals surface area contributed by atoms with Crippen molar-refractivity contribution >= 4 is 11.7 Å². The molecule has 3 nitrogen and oxygen atoms in total. The molecule has 0 saturated carbocycles. The molecule has 0 amide bonds. The van der Waals surface area contributed by atoms with Gasteiger partial charge in [0.15, 0.2) is 5.75 Å². The molecule has 1 aromatic carbocycles. The Morgan fingerprint density at radius 3 is 2.47 bits per heavy atom. The maximum absolute atomic E-state index is 11.0. The van der Waals surface area contributed by atoms with Crippen LogP contribution >= 0.6 is 0 Å². The normalized spacial score (nSPS) is 13.8. The Morgan fingerprint density at radius 2 is 1.88 bits per heavy atom. The Morgan fingerprint density at radius 1 is 1.24 bits per heavy atom. The van der Waals surface area contributed by atoms with Crippen LogP contribution in [0.15, 0.2) is 18.2 Å². The van der Waals surface area contributed by atoms with Crippen LogP contribution in [0.25, 0.3) is 0 Å². The molecule has 0 aromatic heterocycles. The number of carbonyl (C=O) groups is 1. The lowest BCUT2D eigenvalue weighted by Gasteiger charge is -2.23. The highest BCUT2D eigenvalue weighted by atomic mass is 16.5. The van der Waals surface area contributed by atoms with Crippen molar-refractivity contribution in [2.45, 2.75) is 40.0 Å². The van der Waals surface area contributed by atoms with Gasteiger partial charge < -0.3 is 10.1 Å². The average molecular weight is 235 g/mol. The van der Waals surface area contributed by atoms with Gasteiger partial charge in [-0.25, -0.2) is 4.79 Å². The molecule has 0 bridgehead atoms. The molecule has 1 N–H and O–H groups in total. The van der Waals surface area contributed by atoms with Crippen LogP contribution in [-0.4, -0.2) is 12.5 Å². The number of hydrogen-bond acceptors (Lipinski definition) is 3. The van der Waals surface area contributed by atoms with Crippen molar-refractivity contribution in [3.8, 4) is 5.75 Å². The average Bonchev–Trinajstić information content (AvgIpc) is 2.29. The first-order chi connectivity index (χ1) is 7.97. The number of benzene rings is 1. The molecule has 1 heterocycles. The van der Waals surface area contributed by atoms with Gasteiger partial charge in [-0.15, -0.1) is 0 Å². The molecule has 0 atom stereocenters. The molecular formula is C14H21NO2. The van der Waals surface area contributed by atoms with Gasteiger partial charge in [-0.05, 0) is 23.1 Å². The summed E-state index contributed by atoms with van der Waals surface area (Å²) in [6.07, 6.45) is 0. The van der Waals surface area contributed by atoms with Crippen LogP contribution in [-0.2, 0) is 10.2 Å². The van der Waals surface area contributed by atoms with E-state index < -0.39 is 0 Å². The summed E-state index contributed by atoms with van der Waals surface area (Å²) in [6, 6.07) is 5.89. The zero-order valence-electron chi connectivity index (χ0n) is 11.3. The molecule has 1 aliphatic rings. The number of carbonyl (C=O) groups excluding carboxylic acids is 1. The molecular weight excluding hydrogens is 214 g/mol. The summed E-state index contributed by atoms with van der Waals surface area (Å²) in [6.45, 7) is 10.7. The Bertz CT molecular complexity index is 405. The molecule has 1 aromatic rings. The molecule has 0 radical (unpaired) electrons. The minimum Gasteiger partial charge on any atom is -0.423 e. The van der Waals surface area contributed by atoms with Crippen molar-refractivity contribution in [2.75, 3.05) is 11.9 Å². The Balaban J connectivity index is 0.000000686. The standard InChI is InChI=1S/C12H15NO2.C2H6/c1-12(2,3)8-4-5-10-9(6-8)13-7-11(14)15-10;1-2/h4-6,13H,7H2,1-3H3;1-2H3. The summed E-state index contributed by atoms with van der Waals surface area (Å²) >= 11 is 0. The lowest BCUT2D eigenvalue weighted by molar-refractivity contribution is -0.132. The van der Waals surface area contributed by atoms with Gasteiger partial charge in [-0.3, -0.25) is 0 Å². The second-order valence-corrected chi connectivity index (χ2v) is 4.79. The number of anilines is 1. The Labute approximate surface area is 103 Å². The predicted molar refractivity (Wildman–Crippen MR) is 70.6 cm³/mol. The van der Waals surface area contributed by atoms with Gasteiger partial charge in [-0.2, -0.15) is 0 Å². The first-order valence-electron chi connectivity index (χ1n) is 6.06. The first-order valence-corrected chi connectivity index (χ1v) is 6.06. The van der Waals surface area contributed by atoms with Crippen molar-refractivity contribution in [2.24, 2.45) is 0 Å². The molecule has 0 unspecified atom stereocenters. The lowest BCUT2D eigenvalue weighted by atomic mass is 9.86. The fourth-order valence-electron chi connectivity index (χ4n) is 1.55. The highest BCUT2D eigenvalue weighted by molar-refractivity contribution is 5.83. The van der Waals surface area contributed by atoms with Crippen LogP contribution in [0.2, 0.25) is 0 Å². The summed E-state index contributed by atoms with van der Waals surface area (Å²) in [5, 5.41) is 3.05. The van der Waals surface area contributed by atoms with Crippen LogP contribution in [0.1, 0.15) is 40.2 Å². The van der Waals surface area contributed by atoms with Gasteiger partial charge in [-0.1, -0.05) is 40.7 Å². The SMILES string of the molecule is CC.CC(C)(C)c1ccc2c(c1)NCC(=O)O2. The molecule has 3 heteroatoms. The number of ether oxygens (including phenoxy) is 1. The van der Waals surface area contributed by atoms with Crippen molar-refractivity contribution in [1.82, 2.24) is 0 Å². The molecule has 2 rings (SSSR count). The molecule has 0 aliphatic carbocycles. The van der Waals surface area contributed by atoms with Gasteiger partial charge >= 0.3 is 5.97 Å². The van der Waals surface area contributed by atoms with Gasteiger partial charge in [0, 0.05) is 0 Å². The summed E-state index contributed by atoms with van der Waals surface area (Å²) < 4.78 is 5.10. The van der Waals surface area contributed by atoms with E-state index in [1.807, 2.05) is 32.0 Å². The summed E-state index contributed by atoms with van der Waals surface area (Å²) in [4.78, 5) is 11.0. The van der Waals surface area contributed by atoms with Crippen LogP contribution in [0, 0.1) is 0 Å². The van der Waals surface area contributed by atoms with Crippen molar-refractivity contribution in [3.05, 3.63) is 23.8 Å². The van der Waals surface area contributed by atoms with E-state index in [0.29, 0.717) is 5.75 Å². The predicted octanol–water partition coefficient (Wildman–Crippen LogP) is 3.34. The molecule has 0 fully saturated rings. The van der Waals surface area contributed by atoms with Crippen LogP contribution in [0.3, 0.4) is 0 Å². The number of esters is 1. The largest absolute Gasteiger partial charge is 0.423 e. The van der Waals surface area contributed by atoms with Gasteiger partial charge in [0.2, 0.25) is 0 Å². The van der Waals surface area contributed by atoms with Gasteiger partial charge in [0.05, 0.1) is 5.69 Å². The molecule has 1 aliphatic heterocycles.